The lowest BCUT2D eigenvalue weighted by molar-refractivity contribution is -0.136. The summed E-state index contributed by atoms with van der Waals surface area (Å²) in [7, 11) is 1.51. The van der Waals surface area contributed by atoms with Crippen molar-refractivity contribution in [2.45, 2.75) is 6.92 Å². The SMILES string of the molecule is COc1cccc(C(=O)Oc2cccc(/C=N/NC(=O)C(=O)Nc3ccc(C)c(Cl)c3)c2)c1. The van der Waals surface area contributed by atoms with Gasteiger partial charge in [0, 0.05) is 10.7 Å². The molecule has 3 rings (SSSR count). The predicted molar refractivity (Wildman–Crippen MR) is 125 cm³/mol. The van der Waals surface area contributed by atoms with Crippen molar-refractivity contribution in [3.05, 3.63) is 88.4 Å². The maximum atomic E-state index is 12.3. The second kappa shape index (κ2) is 10.9. The molecule has 0 aliphatic carbocycles. The number of anilines is 1. The Bertz CT molecular complexity index is 1230. The smallest absolute Gasteiger partial charge is 0.343 e. The number of methoxy groups -OCH3 is 1. The van der Waals surface area contributed by atoms with Gasteiger partial charge in [0.15, 0.2) is 0 Å². The first-order valence-electron chi connectivity index (χ1n) is 9.72. The van der Waals surface area contributed by atoms with Crippen LogP contribution in [0.4, 0.5) is 5.69 Å². The fraction of sp³-hybridized carbons (Fsp3) is 0.0833. The number of carbonyl (C=O) groups is 3. The lowest BCUT2D eigenvalue weighted by Crippen LogP contribution is -2.32. The van der Waals surface area contributed by atoms with Crippen molar-refractivity contribution in [2.75, 3.05) is 12.4 Å². The highest BCUT2D eigenvalue weighted by Crippen LogP contribution is 2.20. The number of hydrogen-bond acceptors (Lipinski definition) is 6. The Kier molecular flexibility index (Phi) is 7.77. The molecule has 2 N–H and O–H groups in total. The molecule has 0 fully saturated rings. The molecule has 0 aliphatic heterocycles. The number of nitrogens with zero attached hydrogens (tertiary/aromatic N) is 1. The molecule has 3 aromatic rings. The van der Waals surface area contributed by atoms with Crippen molar-refractivity contribution in [2.24, 2.45) is 5.10 Å². The Morgan fingerprint density at radius 3 is 2.45 bits per heavy atom. The molecule has 0 saturated heterocycles. The highest BCUT2D eigenvalue weighted by Gasteiger charge is 2.13. The highest BCUT2D eigenvalue weighted by atomic mass is 35.5. The van der Waals surface area contributed by atoms with Gasteiger partial charge in [-0.3, -0.25) is 9.59 Å². The van der Waals surface area contributed by atoms with Crippen LogP contribution in [0.2, 0.25) is 5.02 Å². The highest BCUT2D eigenvalue weighted by molar-refractivity contribution is 6.39. The summed E-state index contributed by atoms with van der Waals surface area (Å²) in [5.41, 5.74) is 4.25. The summed E-state index contributed by atoms with van der Waals surface area (Å²) in [6.07, 6.45) is 1.32. The molecule has 9 heteroatoms. The largest absolute Gasteiger partial charge is 0.497 e. The molecule has 8 nitrogen and oxygen atoms in total. The average molecular weight is 466 g/mol. The molecule has 0 bridgehead atoms. The fourth-order valence-electron chi connectivity index (χ4n) is 2.65. The van der Waals surface area contributed by atoms with Crippen LogP contribution in [0.1, 0.15) is 21.5 Å². The van der Waals surface area contributed by atoms with Crippen molar-refractivity contribution >= 4 is 41.3 Å². The van der Waals surface area contributed by atoms with Crippen LogP contribution in [0.5, 0.6) is 11.5 Å². The summed E-state index contributed by atoms with van der Waals surface area (Å²) >= 11 is 6.01. The summed E-state index contributed by atoms with van der Waals surface area (Å²) in [4.78, 5) is 36.3. The lowest BCUT2D eigenvalue weighted by atomic mass is 10.2. The Labute approximate surface area is 195 Å². The summed E-state index contributed by atoms with van der Waals surface area (Å²) < 4.78 is 10.5. The maximum absolute atomic E-state index is 12.3. The van der Waals surface area contributed by atoms with E-state index in [0.717, 1.165) is 5.56 Å². The van der Waals surface area contributed by atoms with Gasteiger partial charge in [0.2, 0.25) is 0 Å². The first-order valence-corrected chi connectivity index (χ1v) is 10.1. The van der Waals surface area contributed by atoms with Gasteiger partial charge in [0.05, 0.1) is 18.9 Å². The molecule has 2 amide bonds. The van der Waals surface area contributed by atoms with E-state index in [1.165, 1.54) is 13.3 Å². The summed E-state index contributed by atoms with van der Waals surface area (Å²) in [6, 6.07) is 18.0. The van der Waals surface area contributed by atoms with Crippen LogP contribution in [0, 0.1) is 6.92 Å². The van der Waals surface area contributed by atoms with Gasteiger partial charge in [-0.1, -0.05) is 35.9 Å². The summed E-state index contributed by atoms with van der Waals surface area (Å²) in [5, 5.41) is 6.68. The van der Waals surface area contributed by atoms with E-state index in [2.05, 4.69) is 15.8 Å². The number of nitrogens with one attached hydrogen (secondary N) is 2. The standard InChI is InChI=1S/C24H20ClN3O5/c1-15-9-10-18(13-21(15)25)27-22(29)23(30)28-26-14-16-5-3-8-20(11-16)33-24(31)17-6-4-7-19(12-17)32-2/h3-14H,1-2H3,(H,27,29)(H,28,30)/b26-14+. The molecule has 0 spiro atoms. The average Bonchev–Trinajstić information content (AvgIpc) is 2.81. The number of benzene rings is 3. The molecule has 0 atom stereocenters. The molecule has 0 heterocycles. The monoisotopic (exact) mass is 465 g/mol. The third-order valence-corrected chi connectivity index (χ3v) is 4.80. The molecule has 3 aromatic carbocycles. The van der Waals surface area contributed by atoms with E-state index in [9.17, 15) is 14.4 Å². The fourth-order valence-corrected chi connectivity index (χ4v) is 2.83. The molecule has 0 unspecified atom stereocenters. The van der Waals surface area contributed by atoms with Gasteiger partial charge in [0.1, 0.15) is 11.5 Å². The van der Waals surface area contributed by atoms with Gasteiger partial charge in [-0.15, -0.1) is 0 Å². The van der Waals surface area contributed by atoms with Gasteiger partial charge in [-0.2, -0.15) is 5.10 Å². The molecule has 0 radical (unpaired) electrons. The number of carbonyl (C=O) groups excluding carboxylic acids is 3. The van der Waals surface area contributed by atoms with Crippen molar-refractivity contribution in [1.29, 1.82) is 0 Å². The zero-order chi connectivity index (χ0) is 23.8. The van der Waals surface area contributed by atoms with Crippen LogP contribution >= 0.6 is 11.6 Å². The van der Waals surface area contributed by atoms with Crippen LogP contribution in [-0.2, 0) is 9.59 Å². The number of halogens is 1. The third-order valence-electron chi connectivity index (χ3n) is 4.39. The number of amides is 2. The summed E-state index contributed by atoms with van der Waals surface area (Å²) in [5.74, 6) is -1.58. The van der Waals surface area contributed by atoms with Crippen LogP contribution in [0.25, 0.3) is 0 Å². The Morgan fingerprint density at radius 2 is 1.70 bits per heavy atom. The van der Waals surface area contributed by atoms with Crippen molar-refractivity contribution in [3.8, 4) is 11.5 Å². The van der Waals surface area contributed by atoms with Gasteiger partial charge in [0.25, 0.3) is 0 Å². The minimum absolute atomic E-state index is 0.284. The number of hydrogen-bond donors (Lipinski definition) is 2. The second-order valence-corrected chi connectivity index (χ2v) is 7.22. The number of esters is 1. The minimum atomic E-state index is -0.955. The van der Waals surface area contributed by atoms with E-state index in [1.54, 1.807) is 66.7 Å². The first-order chi connectivity index (χ1) is 15.9. The van der Waals surface area contributed by atoms with Crippen molar-refractivity contribution in [3.63, 3.8) is 0 Å². The molecule has 0 aliphatic rings. The topological polar surface area (TPSA) is 106 Å². The maximum Gasteiger partial charge on any atom is 0.343 e. The Balaban J connectivity index is 1.57. The minimum Gasteiger partial charge on any atom is -0.497 e. The molecule has 0 saturated carbocycles. The van der Waals surface area contributed by atoms with E-state index < -0.39 is 17.8 Å². The number of rotatable bonds is 6. The molecule has 33 heavy (non-hydrogen) atoms. The second-order valence-electron chi connectivity index (χ2n) is 6.81. The Morgan fingerprint density at radius 1 is 0.939 bits per heavy atom. The van der Waals surface area contributed by atoms with Gasteiger partial charge < -0.3 is 14.8 Å². The summed E-state index contributed by atoms with van der Waals surface area (Å²) in [6.45, 7) is 1.82. The quantitative estimate of drug-likeness (QED) is 0.188. The van der Waals surface area contributed by atoms with Crippen molar-refractivity contribution in [1.82, 2.24) is 5.43 Å². The predicted octanol–water partition coefficient (Wildman–Crippen LogP) is 3.97. The number of ether oxygens (including phenoxy) is 2. The van der Waals surface area contributed by atoms with Gasteiger partial charge in [-0.05, 0) is 60.5 Å². The first kappa shape index (κ1) is 23.5. The zero-order valence-corrected chi connectivity index (χ0v) is 18.6. The van der Waals surface area contributed by atoms with Gasteiger partial charge in [-0.25, -0.2) is 10.2 Å². The van der Waals surface area contributed by atoms with Crippen molar-refractivity contribution < 1.29 is 23.9 Å². The Hall–Kier alpha value is -4.17. The van der Waals surface area contributed by atoms with Crippen LogP contribution < -0.4 is 20.2 Å². The van der Waals surface area contributed by atoms with Crippen LogP contribution in [0.3, 0.4) is 0 Å². The zero-order valence-electron chi connectivity index (χ0n) is 17.8. The molecule has 168 valence electrons. The third kappa shape index (κ3) is 6.65. The molecular weight excluding hydrogens is 446 g/mol. The van der Waals surface area contributed by atoms with E-state index >= 15 is 0 Å². The normalized spacial score (nSPS) is 10.5. The van der Waals surface area contributed by atoms with Crippen LogP contribution in [0.15, 0.2) is 71.8 Å². The van der Waals surface area contributed by atoms with Gasteiger partial charge >= 0.3 is 17.8 Å². The van der Waals surface area contributed by atoms with E-state index in [1.807, 2.05) is 6.92 Å². The van der Waals surface area contributed by atoms with E-state index in [-0.39, 0.29) is 5.75 Å². The lowest BCUT2D eigenvalue weighted by Gasteiger charge is -2.07. The number of aryl methyl sites for hydroxylation is 1. The van der Waals surface area contributed by atoms with Crippen LogP contribution in [-0.4, -0.2) is 31.1 Å². The van der Waals surface area contributed by atoms with E-state index in [4.69, 9.17) is 21.1 Å². The molecule has 0 aromatic heterocycles. The molecular formula is C24H20ClN3O5. The number of hydrazone groups is 1. The van der Waals surface area contributed by atoms with E-state index in [0.29, 0.717) is 27.6 Å².